The molecule has 0 atom stereocenters. The van der Waals surface area contributed by atoms with E-state index < -0.39 is 17.8 Å². The molecule has 0 bridgehead atoms. The average molecular weight is 178 g/mol. The highest BCUT2D eigenvalue weighted by Crippen LogP contribution is 2.82. The molecule has 66 valence electrons. The summed E-state index contributed by atoms with van der Waals surface area (Å²) in [6, 6.07) is 0. The Morgan fingerprint density at radius 2 is 1.45 bits per heavy atom. The van der Waals surface area contributed by atoms with E-state index in [9.17, 15) is 8.76 Å². The minimum atomic E-state index is -3.43. The van der Waals surface area contributed by atoms with Crippen molar-refractivity contribution in [2.75, 3.05) is 0 Å². The highest BCUT2D eigenvalue weighted by molar-refractivity contribution is 7.63. The lowest BCUT2D eigenvalue weighted by Gasteiger charge is -2.58. The Hall–Kier alpha value is 0.160. The maximum Gasteiger partial charge on any atom is 0.255 e. The zero-order valence-electron chi connectivity index (χ0n) is 7.81. The standard InChI is InChI=1S/C8H16FOP/c1-6-7(2,3)11(9,10)8(6,4)5/h6H,1-5H3. The van der Waals surface area contributed by atoms with Crippen molar-refractivity contribution in [3.63, 3.8) is 0 Å². The molecule has 11 heavy (non-hydrogen) atoms. The molecule has 3 heteroatoms. The monoisotopic (exact) mass is 178 g/mol. The summed E-state index contributed by atoms with van der Waals surface area (Å²) in [5, 5.41) is -1.20. The number of rotatable bonds is 0. The van der Waals surface area contributed by atoms with Crippen molar-refractivity contribution in [1.82, 2.24) is 0 Å². The van der Waals surface area contributed by atoms with Gasteiger partial charge >= 0.3 is 0 Å². The van der Waals surface area contributed by atoms with Crippen LogP contribution < -0.4 is 0 Å². The fraction of sp³-hybridized carbons (Fsp3) is 1.00. The van der Waals surface area contributed by atoms with E-state index in [1.54, 1.807) is 27.7 Å². The van der Waals surface area contributed by atoms with Crippen molar-refractivity contribution in [3.05, 3.63) is 0 Å². The van der Waals surface area contributed by atoms with Crippen LogP contribution in [0.2, 0.25) is 0 Å². The summed E-state index contributed by atoms with van der Waals surface area (Å²) < 4.78 is 25.1. The molecule has 1 heterocycles. The molecule has 0 spiro atoms. The van der Waals surface area contributed by atoms with Gasteiger partial charge in [0.2, 0.25) is 0 Å². The van der Waals surface area contributed by atoms with Crippen LogP contribution in [0.3, 0.4) is 0 Å². The Kier molecular flexibility index (Phi) is 1.60. The number of halogens is 1. The fourth-order valence-corrected chi connectivity index (χ4v) is 4.96. The molecule has 1 rings (SSSR count). The molecular formula is C8H16FOP. The van der Waals surface area contributed by atoms with Gasteiger partial charge in [-0.1, -0.05) is 34.6 Å². The number of hydrogen-bond acceptors (Lipinski definition) is 1. The third kappa shape index (κ3) is 0.744. The van der Waals surface area contributed by atoms with E-state index in [0.29, 0.717) is 0 Å². The van der Waals surface area contributed by atoms with Gasteiger partial charge in [-0.25, -0.2) is 0 Å². The first kappa shape index (κ1) is 9.25. The first-order valence-electron chi connectivity index (χ1n) is 3.95. The Bertz CT molecular complexity index is 212. The second kappa shape index (κ2) is 1.90. The highest BCUT2D eigenvalue weighted by Gasteiger charge is 2.69. The van der Waals surface area contributed by atoms with Gasteiger partial charge in [-0.15, -0.1) is 0 Å². The lowest BCUT2D eigenvalue weighted by atomic mass is 9.83. The van der Waals surface area contributed by atoms with Crippen LogP contribution in [0.15, 0.2) is 0 Å². The van der Waals surface area contributed by atoms with E-state index in [-0.39, 0.29) is 5.92 Å². The smallest absolute Gasteiger partial charge is 0.255 e. The zero-order valence-corrected chi connectivity index (χ0v) is 8.71. The molecule has 0 unspecified atom stereocenters. The van der Waals surface area contributed by atoms with Crippen molar-refractivity contribution in [2.45, 2.75) is 44.9 Å². The third-order valence-corrected chi connectivity index (χ3v) is 7.34. The predicted molar refractivity (Wildman–Crippen MR) is 46.0 cm³/mol. The first-order valence-corrected chi connectivity index (χ1v) is 5.55. The molecule has 1 aliphatic heterocycles. The van der Waals surface area contributed by atoms with Gasteiger partial charge in [0.1, 0.15) is 0 Å². The van der Waals surface area contributed by atoms with Crippen molar-refractivity contribution in [2.24, 2.45) is 5.92 Å². The summed E-state index contributed by atoms with van der Waals surface area (Å²) in [5.74, 6) is 0.200. The molecule has 0 N–H and O–H groups in total. The van der Waals surface area contributed by atoms with Crippen LogP contribution in [0.4, 0.5) is 4.20 Å². The second-order valence-electron chi connectivity index (χ2n) is 4.56. The Balaban J connectivity index is 3.09. The molecule has 0 amide bonds. The van der Waals surface area contributed by atoms with Crippen molar-refractivity contribution in [3.8, 4) is 0 Å². The summed E-state index contributed by atoms with van der Waals surface area (Å²) in [6.45, 7) is 8.98. The van der Waals surface area contributed by atoms with Gasteiger partial charge in [0, 0.05) is 0 Å². The molecule has 0 aromatic heterocycles. The van der Waals surface area contributed by atoms with Gasteiger partial charge in [0.05, 0.1) is 10.3 Å². The Morgan fingerprint density at radius 3 is 1.55 bits per heavy atom. The minimum absolute atomic E-state index is 0.200. The second-order valence-corrected chi connectivity index (χ2v) is 7.93. The molecule has 0 aromatic rings. The van der Waals surface area contributed by atoms with E-state index >= 15 is 0 Å². The molecule has 1 saturated heterocycles. The Labute approximate surface area is 67.9 Å². The first-order chi connectivity index (χ1) is 4.65. The molecule has 0 saturated carbocycles. The van der Waals surface area contributed by atoms with Crippen molar-refractivity contribution < 1.29 is 8.76 Å². The van der Waals surface area contributed by atoms with Crippen LogP contribution >= 0.6 is 7.45 Å². The summed E-state index contributed by atoms with van der Waals surface area (Å²) >= 11 is 0. The van der Waals surface area contributed by atoms with Crippen LogP contribution in [-0.4, -0.2) is 10.3 Å². The van der Waals surface area contributed by atoms with E-state index in [0.717, 1.165) is 0 Å². The van der Waals surface area contributed by atoms with E-state index in [2.05, 4.69) is 0 Å². The van der Waals surface area contributed by atoms with Gasteiger partial charge in [-0.05, 0) is 5.92 Å². The van der Waals surface area contributed by atoms with Crippen molar-refractivity contribution in [1.29, 1.82) is 0 Å². The summed E-state index contributed by atoms with van der Waals surface area (Å²) in [4.78, 5) is 0. The highest BCUT2D eigenvalue weighted by atomic mass is 31.2. The van der Waals surface area contributed by atoms with Crippen LogP contribution in [0.5, 0.6) is 0 Å². The van der Waals surface area contributed by atoms with Gasteiger partial charge < -0.3 is 0 Å². The largest absolute Gasteiger partial charge is 0.287 e. The minimum Gasteiger partial charge on any atom is -0.287 e. The van der Waals surface area contributed by atoms with Crippen molar-refractivity contribution >= 4 is 7.45 Å². The molecule has 0 aromatic carbocycles. The topological polar surface area (TPSA) is 17.1 Å². The number of hydrogen-bond donors (Lipinski definition) is 0. The quantitative estimate of drug-likeness (QED) is 0.519. The van der Waals surface area contributed by atoms with Crippen LogP contribution in [-0.2, 0) is 4.57 Å². The molecule has 0 aliphatic carbocycles. The average Bonchev–Trinajstić information content (AvgIpc) is 1.84. The van der Waals surface area contributed by atoms with E-state index in [1.807, 2.05) is 6.92 Å². The molecule has 1 nitrogen and oxygen atoms in total. The van der Waals surface area contributed by atoms with Crippen LogP contribution in [0, 0.1) is 5.92 Å². The zero-order chi connectivity index (χ0) is 9.08. The SMILES string of the molecule is CC1C(C)(C)P(=O)(F)C1(C)C. The fourth-order valence-electron chi connectivity index (χ4n) is 2.04. The van der Waals surface area contributed by atoms with E-state index in [4.69, 9.17) is 0 Å². The Morgan fingerprint density at radius 1 is 1.18 bits per heavy atom. The maximum atomic E-state index is 13.6. The third-order valence-electron chi connectivity index (χ3n) is 3.60. The van der Waals surface area contributed by atoms with Gasteiger partial charge in [-0.2, -0.15) is 4.20 Å². The summed E-state index contributed by atoms with van der Waals surface area (Å²) in [6.07, 6.45) is 0. The van der Waals surface area contributed by atoms with Crippen LogP contribution in [0.25, 0.3) is 0 Å². The molecule has 1 aliphatic rings. The molecular weight excluding hydrogens is 162 g/mol. The lowest BCUT2D eigenvalue weighted by molar-refractivity contribution is 0.246. The normalized spacial score (nSPS) is 46.5. The summed E-state index contributed by atoms with van der Waals surface area (Å²) in [5.41, 5.74) is 0. The van der Waals surface area contributed by atoms with Gasteiger partial charge in [0.15, 0.2) is 0 Å². The maximum absolute atomic E-state index is 13.6. The van der Waals surface area contributed by atoms with Crippen LogP contribution in [0.1, 0.15) is 34.6 Å². The summed E-state index contributed by atoms with van der Waals surface area (Å²) in [7, 11) is -3.43. The lowest BCUT2D eigenvalue weighted by Crippen LogP contribution is -2.55. The van der Waals surface area contributed by atoms with Gasteiger partial charge in [0.25, 0.3) is 7.45 Å². The van der Waals surface area contributed by atoms with E-state index in [1.165, 1.54) is 0 Å². The molecule has 0 radical (unpaired) electrons. The molecule has 1 fully saturated rings. The van der Waals surface area contributed by atoms with Gasteiger partial charge in [-0.3, -0.25) is 4.57 Å². The predicted octanol–water partition coefficient (Wildman–Crippen LogP) is 3.44.